The van der Waals surface area contributed by atoms with E-state index in [2.05, 4.69) is 15.3 Å². The normalized spacial score (nSPS) is 10.3. The highest BCUT2D eigenvalue weighted by Gasteiger charge is 2.23. The second kappa shape index (κ2) is 6.25. The van der Waals surface area contributed by atoms with E-state index >= 15 is 0 Å². The molecule has 2 rings (SSSR count). The zero-order valence-electron chi connectivity index (χ0n) is 10.1. The number of nitro groups is 1. The van der Waals surface area contributed by atoms with Crippen molar-refractivity contribution in [2.45, 2.75) is 9.92 Å². The third kappa shape index (κ3) is 3.12. The number of nitrogens with one attached hydrogen (secondary N) is 1. The third-order valence-corrected chi connectivity index (χ3v) is 4.03. The first-order valence-corrected chi connectivity index (χ1v) is 6.90. The minimum Gasteiger partial charge on any atom is -0.367 e. The van der Waals surface area contributed by atoms with Gasteiger partial charge in [0.2, 0.25) is 5.82 Å². The minimum atomic E-state index is -0.535. The number of halogens is 2. The molecule has 0 bridgehead atoms. The SMILES string of the molecule is CNc1ncnc(Sc2cc(Cl)ccc2Cl)c1[N+](=O)[O-]. The van der Waals surface area contributed by atoms with Crippen molar-refractivity contribution in [2.24, 2.45) is 0 Å². The molecule has 0 saturated heterocycles. The Morgan fingerprint density at radius 1 is 1.35 bits per heavy atom. The van der Waals surface area contributed by atoms with Gasteiger partial charge < -0.3 is 5.32 Å². The first kappa shape index (κ1) is 14.8. The van der Waals surface area contributed by atoms with Gasteiger partial charge in [-0.3, -0.25) is 10.1 Å². The number of anilines is 1. The summed E-state index contributed by atoms with van der Waals surface area (Å²) in [4.78, 5) is 19.0. The van der Waals surface area contributed by atoms with E-state index in [1.165, 1.54) is 6.33 Å². The summed E-state index contributed by atoms with van der Waals surface area (Å²) in [6, 6.07) is 4.89. The summed E-state index contributed by atoms with van der Waals surface area (Å²) in [5, 5.41) is 14.9. The number of aromatic nitrogens is 2. The molecule has 6 nitrogen and oxygen atoms in total. The average molecular weight is 331 g/mol. The number of rotatable bonds is 4. The van der Waals surface area contributed by atoms with Gasteiger partial charge in [0.25, 0.3) is 0 Å². The van der Waals surface area contributed by atoms with Crippen molar-refractivity contribution in [3.8, 4) is 0 Å². The van der Waals surface area contributed by atoms with Crippen LogP contribution < -0.4 is 5.32 Å². The van der Waals surface area contributed by atoms with Crippen molar-refractivity contribution in [2.75, 3.05) is 12.4 Å². The molecule has 0 aliphatic rings. The molecular weight excluding hydrogens is 323 g/mol. The summed E-state index contributed by atoms with van der Waals surface area (Å²) in [5.74, 6) is 0.144. The quantitative estimate of drug-likeness (QED) is 0.520. The summed E-state index contributed by atoms with van der Waals surface area (Å²) < 4.78 is 0. The van der Waals surface area contributed by atoms with E-state index in [-0.39, 0.29) is 16.5 Å². The lowest BCUT2D eigenvalue weighted by molar-refractivity contribution is -0.387. The zero-order valence-corrected chi connectivity index (χ0v) is 12.5. The molecule has 9 heteroatoms. The van der Waals surface area contributed by atoms with E-state index < -0.39 is 4.92 Å². The molecule has 0 atom stereocenters. The van der Waals surface area contributed by atoms with Gasteiger partial charge in [0.15, 0.2) is 5.03 Å². The largest absolute Gasteiger partial charge is 0.367 e. The molecule has 0 saturated carbocycles. The van der Waals surface area contributed by atoms with Crippen molar-refractivity contribution < 1.29 is 4.92 Å². The van der Waals surface area contributed by atoms with Crippen LogP contribution in [0.1, 0.15) is 0 Å². The fraction of sp³-hybridized carbons (Fsp3) is 0.0909. The molecular formula is C11H8Cl2N4O2S. The fourth-order valence-electron chi connectivity index (χ4n) is 1.44. The van der Waals surface area contributed by atoms with Crippen LogP contribution in [0.5, 0.6) is 0 Å². The molecule has 1 N–H and O–H groups in total. The lowest BCUT2D eigenvalue weighted by Gasteiger charge is -2.06. The van der Waals surface area contributed by atoms with E-state index in [1.54, 1.807) is 25.2 Å². The van der Waals surface area contributed by atoms with Gasteiger partial charge >= 0.3 is 5.69 Å². The van der Waals surface area contributed by atoms with Gasteiger partial charge in [-0.05, 0) is 18.2 Å². The molecule has 0 radical (unpaired) electrons. The van der Waals surface area contributed by atoms with Crippen LogP contribution in [0.3, 0.4) is 0 Å². The maximum absolute atomic E-state index is 11.2. The van der Waals surface area contributed by atoms with E-state index in [0.29, 0.717) is 14.9 Å². The van der Waals surface area contributed by atoms with Crippen LogP contribution in [0.15, 0.2) is 34.4 Å². The molecule has 1 aromatic heterocycles. The number of benzene rings is 1. The Hall–Kier alpha value is -1.57. The van der Waals surface area contributed by atoms with Gasteiger partial charge in [-0.1, -0.05) is 35.0 Å². The van der Waals surface area contributed by atoms with Crippen LogP contribution >= 0.6 is 35.0 Å². The Labute approximate surface area is 128 Å². The molecule has 2 aromatic rings. The molecule has 1 aromatic carbocycles. The summed E-state index contributed by atoms with van der Waals surface area (Å²) in [7, 11) is 1.55. The average Bonchev–Trinajstić information content (AvgIpc) is 2.42. The van der Waals surface area contributed by atoms with Crippen molar-refractivity contribution >= 4 is 46.5 Å². The summed E-state index contributed by atoms with van der Waals surface area (Å²) in [6.07, 6.45) is 1.25. The predicted octanol–water partition coefficient (Wildman–Crippen LogP) is 3.88. The maximum Gasteiger partial charge on any atom is 0.343 e. The number of nitrogens with zero attached hydrogens (tertiary/aromatic N) is 3. The molecule has 0 amide bonds. The molecule has 104 valence electrons. The van der Waals surface area contributed by atoms with Crippen molar-refractivity contribution in [1.29, 1.82) is 0 Å². The van der Waals surface area contributed by atoms with Crippen LogP contribution in [0.4, 0.5) is 11.5 Å². The van der Waals surface area contributed by atoms with E-state index in [4.69, 9.17) is 23.2 Å². The highest BCUT2D eigenvalue weighted by molar-refractivity contribution is 7.99. The molecule has 0 aliphatic carbocycles. The van der Waals surface area contributed by atoms with Crippen molar-refractivity contribution in [3.63, 3.8) is 0 Å². The Kier molecular flexibility index (Phi) is 4.64. The van der Waals surface area contributed by atoms with Crippen LogP contribution in [0.25, 0.3) is 0 Å². The monoisotopic (exact) mass is 330 g/mol. The first-order chi connectivity index (χ1) is 9.52. The molecule has 0 spiro atoms. The molecule has 20 heavy (non-hydrogen) atoms. The number of hydrogen-bond donors (Lipinski definition) is 1. The smallest absolute Gasteiger partial charge is 0.343 e. The van der Waals surface area contributed by atoms with E-state index in [1.807, 2.05) is 0 Å². The summed E-state index contributed by atoms with van der Waals surface area (Å²) in [6.45, 7) is 0. The minimum absolute atomic E-state index is 0.144. The lowest BCUT2D eigenvalue weighted by atomic mass is 10.4. The predicted molar refractivity (Wildman–Crippen MR) is 78.8 cm³/mol. The zero-order chi connectivity index (χ0) is 14.7. The highest BCUT2D eigenvalue weighted by Crippen LogP contribution is 2.39. The van der Waals surface area contributed by atoms with Crippen LogP contribution in [-0.2, 0) is 0 Å². The first-order valence-electron chi connectivity index (χ1n) is 5.33. The fourth-order valence-corrected chi connectivity index (χ4v) is 2.84. The van der Waals surface area contributed by atoms with Crippen molar-refractivity contribution in [1.82, 2.24) is 9.97 Å². The Balaban J connectivity index is 2.48. The third-order valence-electron chi connectivity index (χ3n) is 2.31. The van der Waals surface area contributed by atoms with E-state index in [9.17, 15) is 10.1 Å². The second-order valence-corrected chi connectivity index (χ2v) is 5.43. The van der Waals surface area contributed by atoms with Gasteiger partial charge in [0, 0.05) is 17.0 Å². The van der Waals surface area contributed by atoms with Gasteiger partial charge in [0.1, 0.15) is 6.33 Å². The van der Waals surface area contributed by atoms with E-state index in [0.717, 1.165) is 11.8 Å². The van der Waals surface area contributed by atoms with Crippen LogP contribution in [0.2, 0.25) is 10.0 Å². The van der Waals surface area contributed by atoms with Crippen molar-refractivity contribution in [3.05, 3.63) is 44.7 Å². The molecule has 1 heterocycles. The van der Waals surface area contributed by atoms with Crippen LogP contribution in [-0.4, -0.2) is 21.9 Å². The summed E-state index contributed by atoms with van der Waals surface area (Å²) in [5.41, 5.74) is -0.198. The molecule has 0 unspecified atom stereocenters. The number of hydrogen-bond acceptors (Lipinski definition) is 6. The van der Waals surface area contributed by atoms with Crippen LogP contribution in [0, 0.1) is 10.1 Å². The lowest BCUT2D eigenvalue weighted by Crippen LogP contribution is -2.02. The topological polar surface area (TPSA) is 81.0 Å². The Morgan fingerprint density at radius 2 is 2.10 bits per heavy atom. The molecule has 0 aliphatic heterocycles. The van der Waals surface area contributed by atoms with Gasteiger partial charge in [-0.2, -0.15) is 0 Å². The van der Waals surface area contributed by atoms with Gasteiger partial charge in [0.05, 0.1) is 9.95 Å². The molecule has 0 fully saturated rings. The van der Waals surface area contributed by atoms with Gasteiger partial charge in [-0.25, -0.2) is 9.97 Å². The standard InChI is InChI=1S/C11H8Cl2N4O2S/c1-14-10-9(17(18)19)11(16-5-15-10)20-8-4-6(12)2-3-7(8)13/h2-5H,1H3,(H,14,15,16). The van der Waals surface area contributed by atoms with Gasteiger partial charge in [-0.15, -0.1) is 0 Å². The Bertz CT molecular complexity index is 669. The summed E-state index contributed by atoms with van der Waals surface area (Å²) >= 11 is 13.0. The highest BCUT2D eigenvalue weighted by atomic mass is 35.5. The Morgan fingerprint density at radius 3 is 2.75 bits per heavy atom. The maximum atomic E-state index is 11.2. The second-order valence-electron chi connectivity index (χ2n) is 3.56.